The zero-order chi connectivity index (χ0) is 14.3. The van der Waals surface area contributed by atoms with E-state index < -0.39 is 0 Å². The zero-order valence-corrected chi connectivity index (χ0v) is 13.7. The number of aromatic nitrogens is 2. The molecule has 1 saturated heterocycles. The second-order valence-corrected chi connectivity index (χ2v) is 5.89. The first-order valence-corrected chi connectivity index (χ1v) is 7.90. The fraction of sp³-hybridized carbons (Fsp3) is 0.692. The van der Waals surface area contributed by atoms with Gasteiger partial charge in [0.25, 0.3) is 0 Å². The molecule has 0 radical (unpaired) electrons. The number of aryl methyl sites for hydroxylation is 1. The van der Waals surface area contributed by atoms with Crippen molar-refractivity contribution in [2.75, 3.05) is 54.6 Å². The summed E-state index contributed by atoms with van der Waals surface area (Å²) in [5.41, 5.74) is 1.11. The first-order valence-electron chi connectivity index (χ1n) is 6.98. The molecule has 6 nitrogen and oxygen atoms in total. The summed E-state index contributed by atoms with van der Waals surface area (Å²) >= 11 is 3.73. The van der Waals surface area contributed by atoms with Crippen molar-refractivity contribution >= 4 is 33.3 Å². The Balaban J connectivity index is 2.08. The van der Waals surface area contributed by atoms with E-state index >= 15 is 0 Å². The van der Waals surface area contributed by atoms with E-state index in [1.165, 1.54) is 0 Å². The molecule has 110 valence electrons. The maximum absolute atomic E-state index is 5.44. The summed E-state index contributed by atoms with van der Waals surface area (Å²) in [5.74, 6) is 2.86. The predicted molar refractivity (Wildman–Crippen MR) is 83.9 cm³/mol. The number of rotatable bonds is 2. The Morgan fingerprint density at radius 1 is 1.25 bits per heavy atom. The van der Waals surface area contributed by atoms with E-state index in [0.29, 0.717) is 0 Å². The van der Waals surface area contributed by atoms with Crippen LogP contribution in [0.4, 0.5) is 17.3 Å². The maximum atomic E-state index is 5.44. The molecule has 0 spiro atoms. The molecule has 0 amide bonds. The molecule has 20 heavy (non-hydrogen) atoms. The van der Waals surface area contributed by atoms with Crippen molar-refractivity contribution in [2.24, 2.45) is 0 Å². The van der Waals surface area contributed by atoms with Gasteiger partial charge in [-0.3, -0.25) is 0 Å². The minimum Gasteiger partial charge on any atom is -0.378 e. The van der Waals surface area contributed by atoms with Gasteiger partial charge in [-0.1, -0.05) is 0 Å². The summed E-state index contributed by atoms with van der Waals surface area (Å²) in [6.45, 7) is 8.30. The Hall–Kier alpha value is -1.08. The monoisotopic (exact) mass is 341 g/mol. The topological polar surface area (TPSA) is 44.7 Å². The molecule has 1 unspecified atom stereocenters. The summed E-state index contributed by atoms with van der Waals surface area (Å²) in [5, 5.41) is 0.137. The molecule has 1 aromatic heterocycles. The quantitative estimate of drug-likeness (QED) is 0.601. The van der Waals surface area contributed by atoms with Gasteiger partial charge in [-0.15, -0.1) is 0 Å². The normalized spacial score (nSPS) is 22.4. The van der Waals surface area contributed by atoms with Crippen LogP contribution in [0.1, 0.15) is 12.7 Å². The van der Waals surface area contributed by atoms with E-state index in [1.807, 2.05) is 6.92 Å². The molecule has 0 saturated carbocycles. The minimum absolute atomic E-state index is 0.137. The molecule has 2 aliphatic rings. The molecule has 7 heteroatoms. The van der Waals surface area contributed by atoms with Crippen molar-refractivity contribution in [3.8, 4) is 0 Å². The maximum Gasteiger partial charge on any atom is 0.160 e. The van der Waals surface area contributed by atoms with Gasteiger partial charge in [-0.25, -0.2) is 9.97 Å². The Morgan fingerprint density at radius 3 is 2.55 bits per heavy atom. The number of anilines is 3. The summed E-state index contributed by atoms with van der Waals surface area (Å²) in [6.07, 6.45) is 0. The SMILES string of the molecule is CCN1c2nc(C)nc(N3CCOCC3)c2N(C)C1Br. The van der Waals surface area contributed by atoms with E-state index in [2.05, 4.69) is 49.6 Å². The largest absolute Gasteiger partial charge is 0.378 e. The van der Waals surface area contributed by atoms with E-state index in [-0.39, 0.29) is 5.08 Å². The van der Waals surface area contributed by atoms with Gasteiger partial charge in [0.2, 0.25) is 0 Å². The van der Waals surface area contributed by atoms with Crippen molar-refractivity contribution in [3.63, 3.8) is 0 Å². The highest BCUT2D eigenvalue weighted by molar-refractivity contribution is 9.09. The van der Waals surface area contributed by atoms with Crippen molar-refractivity contribution < 1.29 is 4.74 Å². The number of hydrogen-bond acceptors (Lipinski definition) is 6. The number of nitrogens with zero attached hydrogens (tertiary/aromatic N) is 5. The van der Waals surface area contributed by atoms with Crippen molar-refractivity contribution in [1.82, 2.24) is 9.97 Å². The average Bonchev–Trinajstić information content (AvgIpc) is 2.70. The molecule has 2 aliphatic heterocycles. The summed E-state index contributed by atoms with van der Waals surface area (Å²) < 4.78 is 5.44. The number of ether oxygens (including phenoxy) is 1. The molecule has 0 aromatic carbocycles. The summed E-state index contributed by atoms with van der Waals surface area (Å²) in [4.78, 5) is 16.1. The zero-order valence-electron chi connectivity index (χ0n) is 12.1. The lowest BCUT2D eigenvalue weighted by atomic mass is 10.3. The molecule has 3 heterocycles. The molecule has 0 N–H and O–H groups in total. The molecule has 0 bridgehead atoms. The number of halogens is 1. The molecule has 3 rings (SSSR count). The summed E-state index contributed by atoms with van der Waals surface area (Å²) in [7, 11) is 2.08. The number of alkyl halides is 1. The van der Waals surface area contributed by atoms with Gasteiger partial charge in [-0.2, -0.15) is 0 Å². The Morgan fingerprint density at radius 2 is 1.90 bits per heavy atom. The lowest BCUT2D eigenvalue weighted by Gasteiger charge is -2.30. The van der Waals surface area contributed by atoms with Crippen LogP contribution in [0.25, 0.3) is 0 Å². The first kappa shape index (κ1) is 13.9. The Labute approximate surface area is 127 Å². The lowest BCUT2D eigenvalue weighted by molar-refractivity contribution is 0.122. The fourth-order valence-corrected chi connectivity index (χ4v) is 3.45. The van der Waals surface area contributed by atoms with Gasteiger partial charge in [0.15, 0.2) is 16.7 Å². The van der Waals surface area contributed by atoms with Gasteiger partial charge >= 0.3 is 0 Å². The van der Waals surface area contributed by atoms with Crippen LogP contribution in [0.5, 0.6) is 0 Å². The highest BCUT2D eigenvalue weighted by atomic mass is 79.9. The molecule has 1 aromatic rings. The van der Waals surface area contributed by atoms with Crippen LogP contribution in [0.3, 0.4) is 0 Å². The van der Waals surface area contributed by atoms with Gasteiger partial charge in [0.1, 0.15) is 11.5 Å². The van der Waals surface area contributed by atoms with Crippen molar-refractivity contribution in [2.45, 2.75) is 18.9 Å². The van der Waals surface area contributed by atoms with Crippen LogP contribution in [0.15, 0.2) is 0 Å². The van der Waals surface area contributed by atoms with Crippen LogP contribution >= 0.6 is 15.9 Å². The third-order valence-electron chi connectivity index (χ3n) is 3.81. The predicted octanol–water partition coefficient (Wildman–Crippen LogP) is 1.58. The molecular weight excluding hydrogens is 322 g/mol. The van der Waals surface area contributed by atoms with E-state index in [9.17, 15) is 0 Å². The van der Waals surface area contributed by atoms with Gasteiger partial charge in [0, 0.05) is 26.7 Å². The van der Waals surface area contributed by atoms with Crippen LogP contribution < -0.4 is 14.7 Å². The van der Waals surface area contributed by atoms with Crippen LogP contribution in [0, 0.1) is 6.92 Å². The van der Waals surface area contributed by atoms with Crippen LogP contribution in [0.2, 0.25) is 0 Å². The number of hydrogen-bond donors (Lipinski definition) is 0. The molecular formula is C13H20BrN5O. The highest BCUT2D eigenvalue weighted by Crippen LogP contribution is 2.44. The van der Waals surface area contributed by atoms with Gasteiger partial charge in [-0.05, 0) is 29.8 Å². The Bertz CT molecular complexity index is 506. The van der Waals surface area contributed by atoms with E-state index in [1.54, 1.807) is 0 Å². The number of morpholine rings is 1. The highest BCUT2D eigenvalue weighted by Gasteiger charge is 2.36. The second kappa shape index (κ2) is 5.37. The number of fused-ring (bicyclic) bond motifs is 1. The lowest BCUT2D eigenvalue weighted by Crippen LogP contribution is -2.38. The second-order valence-electron chi connectivity index (χ2n) is 5.07. The van der Waals surface area contributed by atoms with Crippen LogP contribution in [-0.4, -0.2) is 54.9 Å². The third kappa shape index (κ3) is 2.13. The van der Waals surface area contributed by atoms with E-state index in [4.69, 9.17) is 9.72 Å². The minimum atomic E-state index is 0.137. The molecule has 0 aliphatic carbocycles. The summed E-state index contributed by atoms with van der Waals surface area (Å²) in [6, 6.07) is 0. The van der Waals surface area contributed by atoms with Crippen molar-refractivity contribution in [3.05, 3.63) is 5.82 Å². The Kier molecular flexibility index (Phi) is 3.72. The van der Waals surface area contributed by atoms with Gasteiger partial charge in [0.05, 0.1) is 13.2 Å². The fourth-order valence-electron chi connectivity index (χ4n) is 2.77. The average molecular weight is 342 g/mol. The van der Waals surface area contributed by atoms with Gasteiger partial charge < -0.3 is 19.4 Å². The first-order chi connectivity index (χ1) is 9.63. The standard InChI is InChI=1S/C13H20BrN5O/c1-4-19-12-10(17(3)13(19)14)11(15-9(2)16-12)18-5-7-20-8-6-18/h13H,4-8H2,1-3H3. The van der Waals surface area contributed by atoms with Crippen LogP contribution in [-0.2, 0) is 4.74 Å². The molecule has 1 fully saturated rings. The molecule has 1 atom stereocenters. The smallest absolute Gasteiger partial charge is 0.160 e. The van der Waals surface area contributed by atoms with Crippen molar-refractivity contribution in [1.29, 1.82) is 0 Å². The third-order valence-corrected chi connectivity index (χ3v) is 4.92. The van der Waals surface area contributed by atoms with E-state index in [0.717, 1.165) is 56.0 Å².